The van der Waals surface area contributed by atoms with Crippen LogP contribution in [0, 0.1) is 13.8 Å². The summed E-state index contributed by atoms with van der Waals surface area (Å²) in [6, 6.07) is 20.7. The van der Waals surface area contributed by atoms with E-state index in [-0.39, 0.29) is 17.1 Å². The molecule has 0 aliphatic carbocycles. The van der Waals surface area contributed by atoms with E-state index >= 15 is 0 Å². The van der Waals surface area contributed by atoms with Crippen LogP contribution in [0.25, 0.3) is 11.0 Å². The van der Waals surface area contributed by atoms with Crippen molar-refractivity contribution < 1.29 is 13.9 Å². The molecule has 1 aromatic heterocycles. The van der Waals surface area contributed by atoms with Gasteiger partial charge in [-0.15, -0.1) is 0 Å². The number of aryl methyl sites for hydroxylation is 2. The van der Waals surface area contributed by atoms with Gasteiger partial charge < -0.3 is 14.1 Å². The molecule has 4 aromatic rings. The van der Waals surface area contributed by atoms with Crippen molar-refractivity contribution >= 4 is 16.9 Å². The van der Waals surface area contributed by atoms with Crippen molar-refractivity contribution in [3.05, 3.63) is 111 Å². The fraction of sp³-hybridized carbons (Fsp3) is 0.267. The van der Waals surface area contributed by atoms with Gasteiger partial charge in [0, 0.05) is 6.54 Å². The Kier molecular flexibility index (Phi) is 6.16. The minimum atomic E-state index is -0.560. The Bertz CT molecular complexity index is 1450. The average molecular weight is 468 g/mol. The van der Waals surface area contributed by atoms with E-state index in [1.54, 1.807) is 4.90 Å². The van der Waals surface area contributed by atoms with Crippen molar-refractivity contribution in [2.24, 2.45) is 0 Å². The van der Waals surface area contributed by atoms with Crippen molar-refractivity contribution in [2.45, 2.75) is 46.2 Å². The van der Waals surface area contributed by atoms with Crippen LogP contribution >= 0.6 is 0 Å². The van der Waals surface area contributed by atoms with Gasteiger partial charge >= 0.3 is 0 Å². The fourth-order valence-electron chi connectivity index (χ4n) is 4.67. The lowest BCUT2D eigenvalue weighted by molar-refractivity contribution is 0.0714. The Morgan fingerprint density at radius 1 is 0.943 bits per heavy atom. The molecule has 35 heavy (non-hydrogen) atoms. The minimum absolute atomic E-state index is 0.129. The monoisotopic (exact) mass is 467 g/mol. The summed E-state index contributed by atoms with van der Waals surface area (Å²) in [4.78, 5) is 29.3. The number of rotatable bonds is 7. The lowest BCUT2D eigenvalue weighted by Crippen LogP contribution is -2.29. The van der Waals surface area contributed by atoms with Gasteiger partial charge in [0.05, 0.1) is 23.6 Å². The second-order valence-electron chi connectivity index (χ2n) is 9.20. The second-order valence-corrected chi connectivity index (χ2v) is 9.20. The molecular weight excluding hydrogens is 438 g/mol. The predicted molar refractivity (Wildman–Crippen MR) is 137 cm³/mol. The van der Waals surface area contributed by atoms with Crippen molar-refractivity contribution in [2.75, 3.05) is 6.61 Å². The van der Waals surface area contributed by atoms with Gasteiger partial charge in [-0.2, -0.15) is 0 Å². The Morgan fingerprint density at radius 3 is 2.49 bits per heavy atom. The van der Waals surface area contributed by atoms with E-state index in [1.165, 1.54) is 0 Å². The van der Waals surface area contributed by atoms with E-state index in [0.717, 1.165) is 40.8 Å². The van der Waals surface area contributed by atoms with Crippen LogP contribution < -0.4 is 10.2 Å². The standard InChI is InChI=1S/C30H29NO4/c1-4-5-14-34-23-13-9-12-22(17-23)27-26-28(32)24-15-19(2)20(3)16-25(24)35-29(26)30(33)31(27)18-21-10-7-6-8-11-21/h6-13,15-17,27H,4-5,14,18H2,1-3H3. The molecule has 3 aromatic carbocycles. The summed E-state index contributed by atoms with van der Waals surface area (Å²) in [7, 11) is 0. The highest BCUT2D eigenvalue weighted by atomic mass is 16.5. The summed E-state index contributed by atoms with van der Waals surface area (Å²) in [5.41, 5.74) is 4.53. The zero-order valence-corrected chi connectivity index (χ0v) is 20.3. The second kappa shape index (κ2) is 9.41. The molecule has 1 aliphatic heterocycles. The lowest BCUT2D eigenvalue weighted by atomic mass is 9.97. The number of hydrogen-bond acceptors (Lipinski definition) is 4. The molecule has 5 nitrogen and oxygen atoms in total. The van der Waals surface area contributed by atoms with Crippen LogP contribution in [0.3, 0.4) is 0 Å². The summed E-state index contributed by atoms with van der Waals surface area (Å²) in [5, 5.41) is 0.501. The molecule has 1 amide bonds. The van der Waals surface area contributed by atoms with Crippen molar-refractivity contribution in [1.29, 1.82) is 0 Å². The van der Waals surface area contributed by atoms with Gasteiger partial charge in [0.25, 0.3) is 5.91 Å². The first kappa shape index (κ1) is 22.9. The molecule has 0 N–H and O–H groups in total. The molecule has 5 rings (SSSR count). The van der Waals surface area contributed by atoms with Crippen molar-refractivity contribution in [3.63, 3.8) is 0 Å². The Labute approximate surface area is 205 Å². The van der Waals surface area contributed by atoms with Gasteiger partial charge in [-0.05, 0) is 66.8 Å². The number of fused-ring (bicyclic) bond motifs is 2. The third-order valence-electron chi connectivity index (χ3n) is 6.72. The number of carbonyl (C=O) groups excluding carboxylic acids is 1. The maximum Gasteiger partial charge on any atom is 0.291 e. The first-order valence-corrected chi connectivity index (χ1v) is 12.1. The third kappa shape index (κ3) is 4.23. The highest BCUT2D eigenvalue weighted by Gasteiger charge is 2.42. The minimum Gasteiger partial charge on any atom is -0.494 e. The molecule has 0 fully saturated rings. The molecule has 178 valence electrons. The van der Waals surface area contributed by atoms with E-state index in [4.69, 9.17) is 9.15 Å². The first-order chi connectivity index (χ1) is 17.0. The van der Waals surface area contributed by atoms with E-state index < -0.39 is 6.04 Å². The molecule has 0 bridgehead atoms. The molecular formula is C30H29NO4. The van der Waals surface area contributed by atoms with Crippen LogP contribution in [0.1, 0.15) is 64.2 Å². The zero-order valence-electron chi connectivity index (χ0n) is 20.3. The Balaban J connectivity index is 1.67. The van der Waals surface area contributed by atoms with Crippen LogP contribution in [0.5, 0.6) is 5.75 Å². The third-order valence-corrected chi connectivity index (χ3v) is 6.72. The normalized spacial score (nSPS) is 15.0. The number of nitrogens with zero attached hydrogens (tertiary/aromatic N) is 1. The molecule has 0 saturated carbocycles. The van der Waals surface area contributed by atoms with Gasteiger partial charge in [0.15, 0.2) is 5.43 Å². The maximum absolute atomic E-state index is 13.8. The number of hydrogen-bond donors (Lipinski definition) is 0. The molecule has 0 saturated heterocycles. The van der Waals surface area contributed by atoms with Gasteiger partial charge in [0.1, 0.15) is 11.3 Å². The number of amides is 1. The molecule has 1 unspecified atom stereocenters. The van der Waals surface area contributed by atoms with Gasteiger partial charge in [-0.25, -0.2) is 0 Å². The van der Waals surface area contributed by atoms with Crippen LogP contribution in [0.4, 0.5) is 0 Å². The van der Waals surface area contributed by atoms with E-state index in [0.29, 0.717) is 29.7 Å². The number of unbranched alkanes of at least 4 members (excludes halogenated alkanes) is 1. The van der Waals surface area contributed by atoms with Crippen molar-refractivity contribution in [1.82, 2.24) is 4.90 Å². The Hall–Kier alpha value is -3.86. The largest absolute Gasteiger partial charge is 0.494 e. The SMILES string of the molecule is CCCCOc1cccc(C2c3c(oc4cc(C)c(C)cc4c3=O)C(=O)N2Cc2ccccc2)c1. The van der Waals surface area contributed by atoms with Crippen LogP contribution in [0.2, 0.25) is 0 Å². The molecule has 2 heterocycles. The quantitative estimate of drug-likeness (QED) is 0.298. The molecule has 5 heteroatoms. The Morgan fingerprint density at radius 2 is 1.71 bits per heavy atom. The molecule has 0 spiro atoms. The zero-order chi connectivity index (χ0) is 24.5. The maximum atomic E-state index is 13.8. The molecule has 0 radical (unpaired) electrons. The van der Waals surface area contributed by atoms with Crippen LogP contribution in [-0.2, 0) is 6.54 Å². The summed E-state index contributed by atoms with van der Waals surface area (Å²) >= 11 is 0. The smallest absolute Gasteiger partial charge is 0.291 e. The summed E-state index contributed by atoms with van der Waals surface area (Å²) in [5.74, 6) is 0.584. The lowest BCUT2D eigenvalue weighted by Gasteiger charge is -2.25. The van der Waals surface area contributed by atoms with Gasteiger partial charge in [-0.1, -0.05) is 55.8 Å². The number of ether oxygens (including phenoxy) is 1. The highest BCUT2D eigenvalue weighted by Crippen LogP contribution is 2.40. The van der Waals surface area contributed by atoms with Crippen LogP contribution in [-0.4, -0.2) is 17.4 Å². The molecule has 1 atom stereocenters. The summed E-state index contributed by atoms with van der Waals surface area (Å²) in [6.45, 7) is 7.05. The van der Waals surface area contributed by atoms with Gasteiger partial charge in [0.2, 0.25) is 5.76 Å². The average Bonchev–Trinajstić information content (AvgIpc) is 3.13. The highest BCUT2D eigenvalue weighted by molar-refractivity contribution is 5.99. The van der Waals surface area contributed by atoms with E-state index in [2.05, 4.69) is 6.92 Å². The fourth-order valence-corrected chi connectivity index (χ4v) is 4.67. The first-order valence-electron chi connectivity index (χ1n) is 12.1. The number of benzene rings is 3. The number of carbonyl (C=O) groups is 1. The van der Waals surface area contributed by atoms with Crippen LogP contribution in [0.15, 0.2) is 75.9 Å². The van der Waals surface area contributed by atoms with E-state index in [9.17, 15) is 9.59 Å². The van der Waals surface area contributed by atoms with E-state index in [1.807, 2.05) is 80.6 Å². The predicted octanol–water partition coefficient (Wildman–Crippen LogP) is 6.33. The topological polar surface area (TPSA) is 59.8 Å². The molecule has 1 aliphatic rings. The summed E-state index contributed by atoms with van der Waals surface area (Å²) in [6.07, 6.45) is 2.01. The van der Waals surface area contributed by atoms with Crippen molar-refractivity contribution in [3.8, 4) is 5.75 Å². The van der Waals surface area contributed by atoms with Gasteiger partial charge in [-0.3, -0.25) is 9.59 Å². The summed E-state index contributed by atoms with van der Waals surface area (Å²) < 4.78 is 12.1.